The Morgan fingerprint density at radius 1 is 0.839 bits per heavy atom. The third kappa shape index (κ3) is 7.70. The summed E-state index contributed by atoms with van der Waals surface area (Å²) < 4.78 is 39.5. The molecule has 0 aromatic heterocycles. The van der Waals surface area contributed by atoms with Crippen LogP contribution in [0.15, 0.2) is 30.1 Å². The highest BCUT2D eigenvalue weighted by Gasteiger charge is 2.24. The molecule has 0 N–H and O–H groups in total. The Morgan fingerprint density at radius 2 is 1.39 bits per heavy atom. The van der Waals surface area contributed by atoms with E-state index in [-0.39, 0.29) is 0 Å². The first-order valence-corrected chi connectivity index (χ1v) is 12.3. The van der Waals surface area contributed by atoms with E-state index in [9.17, 15) is 13.2 Å². The van der Waals surface area contributed by atoms with Crippen LogP contribution in [0.2, 0.25) is 0 Å². The van der Waals surface area contributed by atoms with Gasteiger partial charge in [-0.25, -0.2) is 8.78 Å². The van der Waals surface area contributed by atoms with Crippen molar-refractivity contribution >= 4 is 0 Å². The topological polar surface area (TPSA) is 23.8 Å². The monoisotopic (exact) mass is 431 g/mol. The molecule has 0 atom stereocenters. The smallest absolute Gasteiger partial charge is 0.196 e. The van der Waals surface area contributed by atoms with Crippen molar-refractivity contribution in [1.82, 2.24) is 0 Å². The van der Waals surface area contributed by atoms with Gasteiger partial charge in [-0.1, -0.05) is 57.4 Å². The van der Waals surface area contributed by atoms with Crippen molar-refractivity contribution < 1.29 is 13.2 Å². The molecule has 1 nitrogen and oxygen atoms in total. The number of nitriles is 1. The van der Waals surface area contributed by atoms with E-state index in [4.69, 9.17) is 5.26 Å². The van der Waals surface area contributed by atoms with Gasteiger partial charge in [-0.05, 0) is 86.0 Å². The largest absolute Gasteiger partial charge is 0.204 e. The van der Waals surface area contributed by atoms with Crippen molar-refractivity contribution in [3.8, 4) is 6.07 Å². The van der Waals surface area contributed by atoms with E-state index in [1.54, 1.807) is 12.1 Å². The SMILES string of the molecule is N#C/C(F)=C/CC[C@H]1CC[C@H](CCCC[C@H]2CC[C@H](c3ccc(F)c(F)c3)CC2)CC1. The summed E-state index contributed by atoms with van der Waals surface area (Å²) in [6, 6.07) is 5.94. The molecule has 2 aliphatic carbocycles. The van der Waals surface area contributed by atoms with Gasteiger partial charge in [0.2, 0.25) is 0 Å². The Bertz CT molecular complexity index is 750. The second kappa shape index (κ2) is 12.3. The molecule has 1 aromatic rings. The van der Waals surface area contributed by atoms with Crippen LogP contribution in [0.3, 0.4) is 0 Å². The lowest BCUT2D eigenvalue weighted by Crippen LogP contribution is -2.15. The fourth-order valence-corrected chi connectivity index (χ4v) is 5.72. The zero-order chi connectivity index (χ0) is 22.1. The van der Waals surface area contributed by atoms with Crippen molar-refractivity contribution in [2.24, 2.45) is 17.8 Å². The van der Waals surface area contributed by atoms with E-state index >= 15 is 0 Å². The van der Waals surface area contributed by atoms with Crippen molar-refractivity contribution in [2.45, 2.75) is 95.8 Å². The van der Waals surface area contributed by atoms with Gasteiger partial charge in [-0.3, -0.25) is 0 Å². The minimum Gasteiger partial charge on any atom is -0.204 e. The number of halogens is 3. The zero-order valence-electron chi connectivity index (χ0n) is 18.6. The summed E-state index contributed by atoms with van der Waals surface area (Å²) in [5.74, 6) is 0.599. The summed E-state index contributed by atoms with van der Waals surface area (Å²) in [6.45, 7) is 0. The maximum absolute atomic E-state index is 13.5. The first-order chi connectivity index (χ1) is 15.0. The van der Waals surface area contributed by atoms with Crippen LogP contribution in [-0.4, -0.2) is 0 Å². The van der Waals surface area contributed by atoms with E-state index in [1.165, 1.54) is 82.4 Å². The van der Waals surface area contributed by atoms with E-state index in [2.05, 4.69) is 0 Å². The standard InChI is InChI=1S/C27H36F3N/c28-25(19-31)7-3-6-22-10-8-20(9-11-22)4-1-2-5-21-12-14-23(15-13-21)24-16-17-26(29)27(30)18-24/h7,16-18,20-23H,1-6,8-15H2/b25-7-/t20-,21-,22-,23-. The van der Waals surface area contributed by atoms with Gasteiger partial charge < -0.3 is 0 Å². The molecule has 4 heteroatoms. The molecule has 0 heterocycles. The minimum absolute atomic E-state index is 0.383. The molecule has 0 bridgehead atoms. The van der Waals surface area contributed by atoms with Crippen LogP contribution in [0, 0.1) is 40.7 Å². The van der Waals surface area contributed by atoms with Crippen molar-refractivity contribution in [2.75, 3.05) is 0 Å². The average Bonchev–Trinajstić information content (AvgIpc) is 2.80. The second-order valence-electron chi connectivity index (χ2n) is 9.80. The first-order valence-electron chi connectivity index (χ1n) is 12.3. The Morgan fingerprint density at radius 3 is 1.94 bits per heavy atom. The Hall–Kier alpha value is -1.76. The van der Waals surface area contributed by atoms with Gasteiger partial charge in [0.05, 0.1) is 0 Å². The molecule has 0 saturated heterocycles. The molecule has 2 aliphatic rings. The summed E-state index contributed by atoms with van der Waals surface area (Å²) in [6.07, 6.45) is 18.1. The van der Waals surface area contributed by atoms with Gasteiger partial charge in [0.15, 0.2) is 17.5 Å². The van der Waals surface area contributed by atoms with E-state index in [1.807, 2.05) is 0 Å². The summed E-state index contributed by atoms with van der Waals surface area (Å²) in [5, 5.41) is 8.45. The minimum atomic E-state index is -0.755. The fraction of sp³-hybridized carbons (Fsp3) is 0.667. The van der Waals surface area contributed by atoms with E-state index in [0.717, 1.165) is 36.7 Å². The highest BCUT2D eigenvalue weighted by Crippen LogP contribution is 2.39. The lowest BCUT2D eigenvalue weighted by atomic mass is 9.76. The normalized spacial score (nSPS) is 27.1. The van der Waals surface area contributed by atoms with Crippen LogP contribution in [-0.2, 0) is 0 Å². The van der Waals surface area contributed by atoms with Gasteiger partial charge >= 0.3 is 0 Å². The van der Waals surface area contributed by atoms with E-state index < -0.39 is 17.5 Å². The van der Waals surface area contributed by atoms with E-state index in [0.29, 0.717) is 18.3 Å². The quantitative estimate of drug-likeness (QED) is 0.283. The third-order valence-electron chi connectivity index (χ3n) is 7.71. The summed E-state index contributed by atoms with van der Waals surface area (Å²) >= 11 is 0. The molecular formula is C27H36F3N. The Labute approximate surface area is 185 Å². The molecular weight excluding hydrogens is 395 g/mol. The average molecular weight is 432 g/mol. The summed E-state index contributed by atoms with van der Waals surface area (Å²) in [4.78, 5) is 0. The van der Waals surface area contributed by atoms with Gasteiger partial charge in [0.25, 0.3) is 0 Å². The Kier molecular flexibility index (Phi) is 9.50. The molecule has 31 heavy (non-hydrogen) atoms. The van der Waals surface area contributed by atoms with Gasteiger partial charge in [0, 0.05) is 0 Å². The molecule has 0 spiro atoms. The van der Waals surface area contributed by atoms with Crippen LogP contribution in [0.5, 0.6) is 0 Å². The van der Waals surface area contributed by atoms with Crippen LogP contribution in [0.4, 0.5) is 13.2 Å². The maximum Gasteiger partial charge on any atom is 0.196 e. The second-order valence-corrected chi connectivity index (χ2v) is 9.80. The fourth-order valence-electron chi connectivity index (χ4n) is 5.72. The predicted molar refractivity (Wildman–Crippen MR) is 119 cm³/mol. The first kappa shape index (κ1) is 23.9. The predicted octanol–water partition coefficient (Wildman–Crippen LogP) is 8.76. The molecule has 170 valence electrons. The number of rotatable bonds is 9. The molecule has 1 aromatic carbocycles. The Balaban J connectivity index is 1.24. The van der Waals surface area contributed by atoms with Crippen LogP contribution in [0.1, 0.15) is 101 Å². The number of hydrogen-bond acceptors (Lipinski definition) is 1. The lowest BCUT2D eigenvalue weighted by Gasteiger charge is -2.30. The van der Waals surface area contributed by atoms with Crippen LogP contribution < -0.4 is 0 Å². The molecule has 3 rings (SSSR count). The molecule has 0 amide bonds. The number of benzene rings is 1. The molecule has 2 fully saturated rings. The van der Waals surface area contributed by atoms with Crippen molar-refractivity contribution in [3.63, 3.8) is 0 Å². The summed E-state index contributed by atoms with van der Waals surface area (Å²) in [7, 11) is 0. The molecule has 0 radical (unpaired) electrons. The van der Waals surface area contributed by atoms with Gasteiger partial charge in [0.1, 0.15) is 6.07 Å². The number of hydrogen-bond donors (Lipinski definition) is 0. The maximum atomic E-state index is 13.5. The number of unbranched alkanes of at least 4 members (excludes halogenated alkanes) is 1. The number of nitrogens with zero attached hydrogens (tertiary/aromatic N) is 1. The molecule has 0 unspecified atom stereocenters. The molecule has 2 saturated carbocycles. The highest BCUT2D eigenvalue weighted by atomic mass is 19.2. The van der Waals surface area contributed by atoms with Gasteiger partial charge in [-0.2, -0.15) is 9.65 Å². The third-order valence-corrected chi connectivity index (χ3v) is 7.71. The molecule has 0 aliphatic heterocycles. The summed E-state index contributed by atoms with van der Waals surface area (Å²) in [5.41, 5.74) is 0.958. The highest BCUT2D eigenvalue weighted by molar-refractivity contribution is 5.22. The van der Waals surface area contributed by atoms with Crippen LogP contribution >= 0.6 is 0 Å². The van der Waals surface area contributed by atoms with Crippen LogP contribution in [0.25, 0.3) is 0 Å². The lowest BCUT2D eigenvalue weighted by molar-refractivity contribution is 0.244. The van der Waals surface area contributed by atoms with Crippen molar-refractivity contribution in [1.29, 1.82) is 5.26 Å². The van der Waals surface area contributed by atoms with Gasteiger partial charge in [-0.15, -0.1) is 0 Å². The number of allylic oxidation sites excluding steroid dienone is 2. The zero-order valence-corrected chi connectivity index (χ0v) is 18.6. The van der Waals surface area contributed by atoms with Crippen molar-refractivity contribution in [3.05, 3.63) is 47.3 Å².